The van der Waals surface area contributed by atoms with Crippen molar-refractivity contribution in [1.82, 2.24) is 0 Å². The van der Waals surface area contributed by atoms with Crippen LogP contribution < -0.4 is 0 Å². The maximum Gasteiger partial charge on any atom is 0.312 e. The first kappa shape index (κ1) is 24.5. The third kappa shape index (κ3) is 11.7. The Kier molecular flexibility index (Phi) is 10.4. The van der Waals surface area contributed by atoms with Crippen LogP contribution >= 0.6 is 0 Å². The highest BCUT2D eigenvalue weighted by molar-refractivity contribution is 6.89. The van der Waals surface area contributed by atoms with E-state index in [1.807, 2.05) is 31.9 Å². The lowest BCUT2D eigenvalue weighted by molar-refractivity contribution is -0.107. The van der Waals surface area contributed by atoms with E-state index in [1.54, 1.807) is 0 Å². The zero-order valence-electron chi connectivity index (χ0n) is 16.7. The number of ether oxygens (including phenoxy) is 2. The standard InChI is InChI=1S/C15H34O6Si4/c1-10-23(4,5)20-25(8,9)21-24(6,7)19-22(13-11-12-16)14-18-15(2)17-3/h10,12,22H,1-2,11,13-14H2,3-9H3. The second kappa shape index (κ2) is 10.6. The van der Waals surface area contributed by atoms with Gasteiger partial charge in [-0.25, -0.2) is 0 Å². The molecule has 0 radical (unpaired) electrons. The van der Waals surface area contributed by atoms with Gasteiger partial charge < -0.3 is 26.6 Å². The summed E-state index contributed by atoms with van der Waals surface area (Å²) in [6.45, 7) is 19.8. The molecule has 0 heterocycles. The summed E-state index contributed by atoms with van der Waals surface area (Å²) < 4.78 is 29.4. The van der Waals surface area contributed by atoms with Crippen LogP contribution in [0, 0.1) is 0 Å². The fourth-order valence-corrected chi connectivity index (χ4v) is 18.7. The fraction of sp³-hybridized carbons (Fsp3) is 0.667. The first-order valence-corrected chi connectivity index (χ1v) is 19.1. The molecule has 0 saturated carbocycles. The second-order valence-corrected chi connectivity index (χ2v) is 21.1. The molecule has 0 aromatic carbocycles. The molecular weight excluding hydrogens is 389 g/mol. The zero-order valence-corrected chi connectivity index (χ0v) is 20.9. The Bertz CT molecular complexity index is 453. The van der Waals surface area contributed by atoms with Crippen LogP contribution in [-0.2, 0) is 26.6 Å². The van der Waals surface area contributed by atoms with Gasteiger partial charge in [-0.3, -0.25) is 0 Å². The Morgan fingerprint density at radius 3 is 2.16 bits per heavy atom. The number of hydrogen-bond acceptors (Lipinski definition) is 6. The van der Waals surface area contributed by atoms with Gasteiger partial charge in [-0.2, -0.15) is 0 Å². The largest absolute Gasteiger partial charge is 0.469 e. The van der Waals surface area contributed by atoms with E-state index in [-0.39, 0.29) is 5.95 Å². The number of carbonyl (C=O) groups is 1. The highest BCUT2D eigenvalue weighted by Crippen LogP contribution is 2.23. The molecule has 25 heavy (non-hydrogen) atoms. The first-order chi connectivity index (χ1) is 11.4. The highest BCUT2D eigenvalue weighted by atomic mass is 28.5. The van der Waals surface area contributed by atoms with Crippen LogP contribution in [0.5, 0.6) is 0 Å². The number of rotatable bonds is 14. The number of methoxy groups -OCH3 is 1. The quantitative estimate of drug-likeness (QED) is 0.243. The minimum Gasteiger partial charge on any atom is -0.469 e. The van der Waals surface area contributed by atoms with Gasteiger partial charge in [0.25, 0.3) is 5.95 Å². The molecule has 6 nitrogen and oxygen atoms in total. The Morgan fingerprint density at radius 1 is 1.08 bits per heavy atom. The van der Waals surface area contributed by atoms with E-state index in [4.69, 9.17) is 21.8 Å². The predicted molar refractivity (Wildman–Crippen MR) is 111 cm³/mol. The lowest BCUT2D eigenvalue weighted by Crippen LogP contribution is -2.55. The van der Waals surface area contributed by atoms with Crippen molar-refractivity contribution >= 4 is 40.8 Å². The van der Waals surface area contributed by atoms with Crippen molar-refractivity contribution in [3.63, 3.8) is 0 Å². The molecule has 0 aliphatic carbocycles. The summed E-state index contributed by atoms with van der Waals surface area (Å²) in [6, 6.07) is 0.691. The van der Waals surface area contributed by atoms with E-state index >= 15 is 0 Å². The molecule has 0 aromatic heterocycles. The third-order valence-corrected chi connectivity index (χ3v) is 17.3. The minimum atomic E-state index is -2.43. The summed E-state index contributed by atoms with van der Waals surface area (Å²) in [7, 11) is -7.00. The summed E-state index contributed by atoms with van der Waals surface area (Å²) in [5.41, 5.74) is 1.91. The van der Waals surface area contributed by atoms with Crippen molar-refractivity contribution in [3.05, 3.63) is 24.8 Å². The topological polar surface area (TPSA) is 63.2 Å². The van der Waals surface area contributed by atoms with Crippen molar-refractivity contribution in [2.75, 3.05) is 13.3 Å². The average molecular weight is 423 g/mol. The normalized spacial score (nSPS) is 13.9. The fourth-order valence-electron chi connectivity index (χ4n) is 2.39. The van der Waals surface area contributed by atoms with Gasteiger partial charge in [-0.15, -0.1) is 6.58 Å². The number of hydrogen-bond donors (Lipinski definition) is 0. The molecule has 0 spiro atoms. The molecular formula is C15H34O6Si4. The first-order valence-electron chi connectivity index (χ1n) is 8.37. The molecule has 0 aliphatic rings. The molecule has 0 amide bonds. The van der Waals surface area contributed by atoms with Crippen LogP contribution in [0.1, 0.15) is 6.42 Å². The van der Waals surface area contributed by atoms with E-state index in [9.17, 15) is 4.79 Å². The van der Waals surface area contributed by atoms with Gasteiger partial charge in [-0.05, 0) is 51.9 Å². The van der Waals surface area contributed by atoms with Gasteiger partial charge in [-0.1, -0.05) is 5.70 Å². The molecule has 1 unspecified atom stereocenters. The Labute approximate surface area is 157 Å². The summed E-state index contributed by atoms with van der Waals surface area (Å²) in [5.74, 6) is 0.254. The van der Waals surface area contributed by atoms with Crippen molar-refractivity contribution in [2.45, 2.75) is 51.7 Å². The van der Waals surface area contributed by atoms with Crippen molar-refractivity contribution < 1.29 is 26.6 Å². The van der Waals surface area contributed by atoms with Gasteiger partial charge >= 0.3 is 17.1 Å². The molecule has 146 valence electrons. The van der Waals surface area contributed by atoms with Crippen molar-refractivity contribution in [3.8, 4) is 0 Å². The van der Waals surface area contributed by atoms with Crippen LogP contribution in [0.15, 0.2) is 24.8 Å². The average Bonchev–Trinajstić information content (AvgIpc) is 2.46. The molecule has 0 bridgehead atoms. The molecule has 0 aromatic rings. The van der Waals surface area contributed by atoms with E-state index in [2.05, 4.69) is 26.3 Å². The van der Waals surface area contributed by atoms with Gasteiger partial charge in [0, 0.05) is 6.42 Å². The van der Waals surface area contributed by atoms with Gasteiger partial charge in [0.05, 0.1) is 7.11 Å². The summed E-state index contributed by atoms with van der Waals surface area (Å²) in [4.78, 5) is 10.7. The third-order valence-electron chi connectivity index (χ3n) is 3.21. The molecule has 1 atom stereocenters. The molecule has 10 heteroatoms. The van der Waals surface area contributed by atoms with Crippen LogP contribution in [-0.4, -0.2) is 54.1 Å². The van der Waals surface area contributed by atoms with Gasteiger partial charge in [0.2, 0.25) is 9.04 Å². The Hall–Kier alpha value is -0.502. The predicted octanol–water partition coefficient (Wildman–Crippen LogP) is 3.36. The Morgan fingerprint density at radius 2 is 1.68 bits per heavy atom. The zero-order chi connectivity index (χ0) is 19.7. The summed E-state index contributed by atoms with van der Waals surface area (Å²) >= 11 is 0. The van der Waals surface area contributed by atoms with Gasteiger partial charge in [0.15, 0.2) is 8.32 Å². The van der Waals surface area contributed by atoms with E-state index in [1.165, 1.54) is 7.11 Å². The molecule has 0 saturated heterocycles. The maximum absolute atomic E-state index is 10.7. The maximum atomic E-state index is 10.7. The summed E-state index contributed by atoms with van der Waals surface area (Å²) in [5, 5.41) is 0. The minimum absolute atomic E-state index is 0.254. The molecule has 0 N–H and O–H groups in total. The van der Waals surface area contributed by atoms with E-state index in [0.717, 1.165) is 6.29 Å². The highest BCUT2D eigenvalue weighted by Gasteiger charge is 2.41. The van der Waals surface area contributed by atoms with Crippen molar-refractivity contribution in [2.24, 2.45) is 0 Å². The van der Waals surface area contributed by atoms with Crippen molar-refractivity contribution in [1.29, 1.82) is 0 Å². The summed E-state index contributed by atoms with van der Waals surface area (Å²) in [6.07, 6.45) is 1.76. The molecule has 0 rings (SSSR count). The van der Waals surface area contributed by atoms with E-state index in [0.29, 0.717) is 18.7 Å². The Balaban J connectivity index is 4.89. The van der Waals surface area contributed by atoms with Crippen LogP contribution in [0.2, 0.25) is 45.3 Å². The van der Waals surface area contributed by atoms with Crippen LogP contribution in [0.4, 0.5) is 0 Å². The number of aldehydes is 1. The smallest absolute Gasteiger partial charge is 0.312 e. The van der Waals surface area contributed by atoms with E-state index < -0.39 is 34.5 Å². The number of carbonyl (C=O) groups excluding carboxylic acids is 1. The molecule has 0 aliphatic heterocycles. The SMILES string of the molecule is C=C[Si](C)(C)O[Si](C)(C)O[Si](C)(C)O[SiH](CCC=O)COC(=C)OC. The lowest BCUT2D eigenvalue weighted by atomic mass is 10.6. The van der Waals surface area contributed by atoms with Gasteiger partial charge in [0.1, 0.15) is 12.5 Å². The monoisotopic (exact) mass is 422 g/mol. The second-order valence-electron chi connectivity index (χ2n) is 7.18. The van der Waals surface area contributed by atoms with Crippen LogP contribution in [0.3, 0.4) is 0 Å². The lowest BCUT2D eigenvalue weighted by Gasteiger charge is -2.38. The molecule has 0 fully saturated rings. The van der Waals surface area contributed by atoms with Crippen LogP contribution in [0.25, 0.3) is 0 Å².